The molecule has 1 aromatic heterocycles. The molecule has 4 aliphatic rings. The third-order valence-corrected chi connectivity index (χ3v) is 7.15. The van der Waals surface area contributed by atoms with Gasteiger partial charge in [-0.3, -0.25) is 14.6 Å². The van der Waals surface area contributed by atoms with Crippen LogP contribution in [0.3, 0.4) is 0 Å². The Hall–Kier alpha value is -2.70. The summed E-state index contributed by atoms with van der Waals surface area (Å²) in [6.07, 6.45) is 9.32. The largest absolute Gasteiger partial charge is 0.349 e. The Labute approximate surface area is 168 Å². The summed E-state index contributed by atoms with van der Waals surface area (Å²) in [5.41, 5.74) is 1.14. The van der Waals surface area contributed by atoms with Crippen LogP contribution in [0.1, 0.15) is 50.5 Å². The lowest BCUT2D eigenvalue weighted by Crippen LogP contribution is -2.47. The molecule has 4 saturated carbocycles. The summed E-state index contributed by atoms with van der Waals surface area (Å²) >= 11 is 0. The molecule has 6 rings (SSSR count). The summed E-state index contributed by atoms with van der Waals surface area (Å²) in [7, 11) is 0. The van der Waals surface area contributed by atoms with Crippen LogP contribution in [0.5, 0.6) is 0 Å². The van der Waals surface area contributed by atoms with Gasteiger partial charge < -0.3 is 5.32 Å². The topological polar surface area (TPSA) is 96.8 Å². The van der Waals surface area contributed by atoms with Crippen molar-refractivity contribution in [1.29, 1.82) is 0 Å². The molecule has 4 fully saturated rings. The number of benzene rings is 1. The van der Waals surface area contributed by atoms with E-state index in [4.69, 9.17) is 0 Å². The smallest absolute Gasteiger partial charge is 0.326 e. The van der Waals surface area contributed by atoms with Gasteiger partial charge in [-0.15, -0.1) is 0 Å². The van der Waals surface area contributed by atoms with Crippen LogP contribution in [0.15, 0.2) is 34.0 Å². The van der Waals surface area contributed by atoms with Crippen molar-refractivity contribution in [3.05, 3.63) is 50.8 Å². The molecule has 2 aromatic rings. The van der Waals surface area contributed by atoms with Crippen molar-refractivity contribution >= 4 is 11.6 Å². The number of H-pyrrole nitrogens is 1. The fraction of sp³-hybridized carbons (Fsp3) is 0.545. The highest BCUT2D eigenvalue weighted by atomic mass is 16.2. The van der Waals surface area contributed by atoms with Crippen molar-refractivity contribution in [2.75, 3.05) is 5.32 Å². The van der Waals surface area contributed by atoms with Gasteiger partial charge in [0.05, 0.1) is 5.69 Å². The van der Waals surface area contributed by atoms with Crippen molar-refractivity contribution < 1.29 is 4.79 Å². The van der Waals surface area contributed by atoms with E-state index in [1.807, 2.05) is 13.0 Å². The predicted molar refractivity (Wildman–Crippen MR) is 109 cm³/mol. The summed E-state index contributed by atoms with van der Waals surface area (Å²) in [5.74, 6) is 2.50. The molecule has 1 heterocycles. The fourth-order valence-electron chi connectivity index (χ4n) is 6.46. The minimum atomic E-state index is -0.604. The molecule has 29 heavy (non-hydrogen) atoms. The summed E-state index contributed by atoms with van der Waals surface area (Å²) in [6.45, 7) is 1.92. The zero-order valence-electron chi connectivity index (χ0n) is 16.6. The zero-order chi connectivity index (χ0) is 20.2. The maximum atomic E-state index is 13.0. The predicted octanol–water partition coefficient (Wildman–Crippen LogP) is 2.77. The van der Waals surface area contributed by atoms with Gasteiger partial charge in [0.25, 0.3) is 5.56 Å². The standard InChI is InChI=1S/C22H26N4O3/c1-13-2-3-17(26-21(29)25-20(28)12-23-26)7-18(13)24-19(27)11-22-8-14-4-15(9-22)6-16(5-14)10-22/h2-3,7,12,14-16H,4-6,8-11H2,1H3,(H,24,27)(H,25,28,29). The number of nitrogens with zero attached hydrogens (tertiary/aromatic N) is 2. The van der Waals surface area contributed by atoms with E-state index in [1.54, 1.807) is 12.1 Å². The summed E-state index contributed by atoms with van der Waals surface area (Å²) in [5, 5.41) is 6.96. The average Bonchev–Trinajstić information content (AvgIpc) is 2.62. The molecule has 152 valence electrons. The van der Waals surface area contributed by atoms with Crippen LogP contribution in [0.2, 0.25) is 0 Å². The Morgan fingerprint density at radius 1 is 1.17 bits per heavy atom. The van der Waals surface area contributed by atoms with Crippen LogP contribution in [0, 0.1) is 30.1 Å². The molecule has 0 aliphatic heterocycles. The Balaban J connectivity index is 1.36. The number of carbonyl (C=O) groups excluding carboxylic acids is 1. The van der Waals surface area contributed by atoms with Crippen LogP contribution < -0.4 is 16.6 Å². The average molecular weight is 394 g/mol. The van der Waals surface area contributed by atoms with Gasteiger partial charge in [0, 0.05) is 12.1 Å². The lowest BCUT2D eigenvalue weighted by Gasteiger charge is -2.56. The molecule has 2 N–H and O–H groups in total. The molecule has 1 amide bonds. The molecule has 1 aromatic carbocycles. The van der Waals surface area contributed by atoms with Gasteiger partial charge in [0.1, 0.15) is 6.20 Å². The van der Waals surface area contributed by atoms with E-state index in [0.717, 1.165) is 34.2 Å². The van der Waals surface area contributed by atoms with E-state index in [9.17, 15) is 14.4 Å². The lowest BCUT2D eigenvalue weighted by atomic mass is 9.49. The summed E-state index contributed by atoms with van der Waals surface area (Å²) < 4.78 is 1.12. The van der Waals surface area contributed by atoms with Crippen LogP contribution in [0.25, 0.3) is 5.69 Å². The second kappa shape index (κ2) is 6.68. The van der Waals surface area contributed by atoms with Crippen molar-refractivity contribution in [1.82, 2.24) is 14.8 Å². The number of hydrogen-bond donors (Lipinski definition) is 2. The lowest BCUT2D eigenvalue weighted by molar-refractivity contribution is -0.124. The number of aryl methyl sites for hydroxylation is 1. The third-order valence-electron chi connectivity index (χ3n) is 7.15. The van der Waals surface area contributed by atoms with Gasteiger partial charge in [-0.25, -0.2) is 4.79 Å². The molecule has 0 saturated heterocycles. The van der Waals surface area contributed by atoms with Gasteiger partial charge >= 0.3 is 5.69 Å². The molecule has 0 atom stereocenters. The van der Waals surface area contributed by atoms with E-state index >= 15 is 0 Å². The highest BCUT2D eigenvalue weighted by molar-refractivity contribution is 5.92. The minimum absolute atomic E-state index is 0.0500. The number of aromatic nitrogens is 3. The summed E-state index contributed by atoms with van der Waals surface area (Å²) in [4.78, 5) is 38.5. The Morgan fingerprint density at radius 2 is 1.83 bits per heavy atom. The van der Waals surface area contributed by atoms with Gasteiger partial charge in [0.2, 0.25) is 5.91 Å². The van der Waals surface area contributed by atoms with Gasteiger partial charge in [0.15, 0.2) is 0 Å². The first-order valence-electron chi connectivity index (χ1n) is 10.5. The molecule has 4 aliphatic carbocycles. The number of rotatable bonds is 4. The monoisotopic (exact) mass is 394 g/mol. The quantitative estimate of drug-likeness (QED) is 0.833. The minimum Gasteiger partial charge on any atom is -0.326 e. The van der Waals surface area contributed by atoms with Gasteiger partial charge in [-0.1, -0.05) is 6.07 Å². The van der Waals surface area contributed by atoms with Crippen LogP contribution in [-0.2, 0) is 4.79 Å². The second-order valence-electron chi connectivity index (χ2n) is 9.49. The maximum Gasteiger partial charge on any atom is 0.349 e. The van der Waals surface area contributed by atoms with E-state index in [-0.39, 0.29) is 11.3 Å². The Morgan fingerprint density at radius 3 is 2.45 bits per heavy atom. The Kier molecular flexibility index (Phi) is 4.22. The highest BCUT2D eigenvalue weighted by Gasteiger charge is 2.51. The maximum absolute atomic E-state index is 13.0. The van der Waals surface area contributed by atoms with Gasteiger partial charge in [-0.05, 0) is 86.3 Å². The van der Waals surface area contributed by atoms with Crippen LogP contribution in [-0.4, -0.2) is 20.7 Å². The first kappa shape index (κ1) is 18.3. The molecular formula is C22H26N4O3. The Bertz CT molecular complexity index is 1050. The van der Waals surface area contributed by atoms with Crippen molar-refractivity contribution in [3.63, 3.8) is 0 Å². The normalized spacial score (nSPS) is 29.8. The van der Waals surface area contributed by atoms with Gasteiger partial charge in [-0.2, -0.15) is 9.78 Å². The van der Waals surface area contributed by atoms with E-state index < -0.39 is 11.2 Å². The zero-order valence-corrected chi connectivity index (χ0v) is 16.6. The van der Waals surface area contributed by atoms with E-state index in [1.165, 1.54) is 38.5 Å². The first-order chi connectivity index (χ1) is 13.9. The SMILES string of the molecule is Cc1ccc(-n2ncc(=O)[nH]c2=O)cc1NC(=O)CC12CC3CC(CC(C3)C1)C2. The molecule has 4 bridgehead atoms. The molecule has 0 unspecified atom stereocenters. The van der Waals surface area contributed by atoms with Crippen LogP contribution >= 0.6 is 0 Å². The number of carbonyl (C=O) groups is 1. The molecular weight excluding hydrogens is 368 g/mol. The second-order valence-corrected chi connectivity index (χ2v) is 9.49. The number of aromatic amines is 1. The first-order valence-corrected chi connectivity index (χ1v) is 10.5. The van der Waals surface area contributed by atoms with Crippen molar-refractivity contribution in [3.8, 4) is 5.69 Å². The molecule has 7 heteroatoms. The number of nitrogens with one attached hydrogen (secondary N) is 2. The van der Waals surface area contributed by atoms with Crippen LogP contribution in [0.4, 0.5) is 5.69 Å². The molecule has 0 radical (unpaired) electrons. The number of amides is 1. The number of anilines is 1. The van der Waals surface area contributed by atoms with E-state index in [2.05, 4.69) is 15.4 Å². The summed E-state index contributed by atoms with van der Waals surface area (Å²) in [6, 6.07) is 5.32. The van der Waals surface area contributed by atoms with E-state index in [0.29, 0.717) is 17.8 Å². The molecule has 0 spiro atoms. The third kappa shape index (κ3) is 3.43. The van der Waals surface area contributed by atoms with Crippen molar-refractivity contribution in [2.24, 2.45) is 23.2 Å². The fourth-order valence-corrected chi connectivity index (χ4v) is 6.46. The molecule has 7 nitrogen and oxygen atoms in total. The van der Waals surface area contributed by atoms with Crippen molar-refractivity contribution in [2.45, 2.75) is 51.9 Å². The number of hydrogen-bond acceptors (Lipinski definition) is 4. The highest BCUT2D eigenvalue weighted by Crippen LogP contribution is 2.61.